The molecule has 0 aromatic rings. The van der Waals surface area contributed by atoms with Gasteiger partial charge < -0.3 is 15.5 Å². The number of rotatable bonds is 48. The molecule has 0 aliphatic heterocycles. The van der Waals surface area contributed by atoms with Gasteiger partial charge in [0.05, 0.1) is 18.8 Å². The van der Waals surface area contributed by atoms with Gasteiger partial charge in [-0.2, -0.15) is 0 Å². The number of unbranched alkanes of at least 4 members (excludes halogenated alkanes) is 33. The minimum absolute atomic E-state index is 0.0293. The van der Waals surface area contributed by atoms with Crippen LogP contribution in [0.25, 0.3) is 0 Å². The largest absolute Gasteiger partial charge is 0.394 e. The summed E-state index contributed by atoms with van der Waals surface area (Å²) in [6.45, 7) is 4.24. The maximum absolute atomic E-state index is 12.4. The molecule has 0 aromatic carbocycles. The molecule has 0 aliphatic carbocycles. The number of amides is 1. The maximum atomic E-state index is 12.4. The second kappa shape index (κ2) is 50.7. The highest BCUT2D eigenvalue weighted by atomic mass is 16.3. The second-order valence-electron chi connectivity index (χ2n) is 17.9. The zero-order valence-corrected chi connectivity index (χ0v) is 39.8. The van der Waals surface area contributed by atoms with Gasteiger partial charge in [-0.1, -0.05) is 268 Å². The summed E-state index contributed by atoms with van der Waals surface area (Å²) in [6.07, 6.45) is 69.6. The normalized spacial score (nSPS) is 13.2. The Kier molecular flexibility index (Phi) is 49.3. The summed E-state index contributed by atoms with van der Waals surface area (Å²) >= 11 is 0. The van der Waals surface area contributed by atoms with E-state index < -0.39 is 12.1 Å². The van der Waals surface area contributed by atoms with E-state index in [9.17, 15) is 15.0 Å². The number of allylic oxidation sites excluding steroid dienone is 8. The van der Waals surface area contributed by atoms with E-state index in [0.29, 0.717) is 12.8 Å². The Balaban J connectivity index is 3.36. The molecular formula is C55H103NO3. The molecule has 1 amide bonds. The van der Waals surface area contributed by atoms with Crippen molar-refractivity contribution in [2.24, 2.45) is 0 Å². The Bertz CT molecular complexity index is 939. The molecule has 0 fully saturated rings. The molecule has 0 spiro atoms. The van der Waals surface area contributed by atoms with Gasteiger partial charge in [0.1, 0.15) is 0 Å². The number of hydrogen-bond acceptors (Lipinski definition) is 3. The SMILES string of the molecule is CC/C=C\C/C=C\C/C=C\C/C=C\CCCCCCCCCCCCCCCCCCCCCCCCCCC(=O)NC(CO)C(O)CCCCCCCCCCCC. The molecule has 3 N–H and O–H groups in total. The molecule has 4 nitrogen and oxygen atoms in total. The van der Waals surface area contributed by atoms with E-state index in [-0.39, 0.29) is 12.5 Å². The van der Waals surface area contributed by atoms with E-state index >= 15 is 0 Å². The summed E-state index contributed by atoms with van der Waals surface area (Å²) in [7, 11) is 0. The monoisotopic (exact) mass is 826 g/mol. The van der Waals surface area contributed by atoms with Crippen LogP contribution in [0.4, 0.5) is 0 Å². The first-order valence-electron chi connectivity index (χ1n) is 26.3. The molecule has 59 heavy (non-hydrogen) atoms. The van der Waals surface area contributed by atoms with Crippen LogP contribution >= 0.6 is 0 Å². The van der Waals surface area contributed by atoms with E-state index in [0.717, 1.165) is 51.4 Å². The summed E-state index contributed by atoms with van der Waals surface area (Å²) in [6, 6.07) is -0.532. The lowest BCUT2D eigenvalue weighted by atomic mass is 10.0. The van der Waals surface area contributed by atoms with Gasteiger partial charge in [0, 0.05) is 6.42 Å². The maximum Gasteiger partial charge on any atom is 0.220 e. The fourth-order valence-corrected chi connectivity index (χ4v) is 8.12. The van der Waals surface area contributed by atoms with Crippen molar-refractivity contribution in [3.05, 3.63) is 48.6 Å². The van der Waals surface area contributed by atoms with Crippen molar-refractivity contribution in [1.29, 1.82) is 0 Å². The molecule has 0 heterocycles. The standard InChI is InChI=1S/C55H103NO3/c1-3-5-7-9-11-13-15-16-17-18-19-20-21-22-23-24-25-26-27-28-29-30-31-32-33-34-35-36-37-38-39-40-41-43-45-47-49-51-55(59)56-53(52-57)54(58)50-48-46-44-42-14-12-10-8-6-4-2/h5,7,11,13,16-17,19-20,53-54,57-58H,3-4,6,8-10,12,14-15,18,21-52H2,1-2H3,(H,56,59)/b7-5-,13-11-,17-16-,20-19-. The fraction of sp³-hybridized carbons (Fsp3) is 0.836. The van der Waals surface area contributed by atoms with Gasteiger partial charge in [0.25, 0.3) is 0 Å². The predicted molar refractivity (Wildman–Crippen MR) is 262 cm³/mol. The summed E-state index contributed by atoms with van der Waals surface area (Å²) in [5.74, 6) is -0.0293. The van der Waals surface area contributed by atoms with Crippen molar-refractivity contribution >= 4 is 5.91 Å². The molecule has 2 atom stereocenters. The van der Waals surface area contributed by atoms with E-state index in [1.807, 2.05) is 0 Å². The van der Waals surface area contributed by atoms with Gasteiger partial charge in [-0.05, 0) is 51.4 Å². The average molecular weight is 826 g/mol. The summed E-state index contributed by atoms with van der Waals surface area (Å²) < 4.78 is 0. The van der Waals surface area contributed by atoms with Gasteiger partial charge in [-0.15, -0.1) is 0 Å². The predicted octanol–water partition coefficient (Wildman–Crippen LogP) is 17.1. The highest BCUT2D eigenvalue weighted by Crippen LogP contribution is 2.17. The van der Waals surface area contributed by atoms with Crippen molar-refractivity contribution in [3.8, 4) is 0 Å². The van der Waals surface area contributed by atoms with Gasteiger partial charge >= 0.3 is 0 Å². The molecule has 0 rings (SSSR count). The van der Waals surface area contributed by atoms with Crippen LogP contribution in [0, 0.1) is 0 Å². The van der Waals surface area contributed by atoms with Crippen LogP contribution in [-0.4, -0.2) is 34.9 Å². The van der Waals surface area contributed by atoms with Crippen molar-refractivity contribution in [1.82, 2.24) is 5.32 Å². The van der Waals surface area contributed by atoms with Gasteiger partial charge in [-0.3, -0.25) is 4.79 Å². The minimum atomic E-state index is -0.655. The van der Waals surface area contributed by atoms with Gasteiger partial charge in [-0.25, -0.2) is 0 Å². The highest BCUT2D eigenvalue weighted by Gasteiger charge is 2.20. The fourth-order valence-electron chi connectivity index (χ4n) is 8.12. The summed E-state index contributed by atoms with van der Waals surface area (Å²) in [4.78, 5) is 12.4. The van der Waals surface area contributed by atoms with Crippen molar-refractivity contribution in [2.45, 2.75) is 289 Å². The van der Waals surface area contributed by atoms with Crippen molar-refractivity contribution < 1.29 is 15.0 Å². The van der Waals surface area contributed by atoms with Crippen LogP contribution in [0.1, 0.15) is 277 Å². The second-order valence-corrected chi connectivity index (χ2v) is 17.9. The lowest BCUT2D eigenvalue weighted by molar-refractivity contribution is -0.123. The van der Waals surface area contributed by atoms with Gasteiger partial charge in [0.15, 0.2) is 0 Å². The third-order valence-electron chi connectivity index (χ3n) is 12.1. The average Bonchev–Trinajstić information content (AvgIpc) is 3.24. The molecule has 0 bridgehead atoms. The topological polar surface area (TPSA) is 69.6 Å². The number of carbonyl (C=O) groups is 1. The number of carbonyl (C=O) groups excluding carboxylic acids is 1. The molecule has 0 radical (unpaired) electrons. The van der Waals surface area contributed by atoms with Crippen LogP contribution in [0.5, 0.6) is 0 Å². The number of aliphatic hydroxyl groups is 2. The first-order valence-corrected chi connectivity index (χ1v) is 26.3. The third kappa shape index (κ3) is 47.3. The summed E-state index contributed by atoms with van der Waals surface area (Å²) in [5.41, 5.74) is 0. The van der Waals surface area contributed by atoms with Crippen molar-refractivity contribution in [3.63, 3.8) is 0 Å². The third-order valence-corrected chi connectivity index (χ3v) is 12.1. The quantitative estimate of drug-likeness (QED) is 0.0423. The minimum Gasteiger partial charge on any atom is -0.394 e. The van der Waals surface area contributed by atoms with E-state index in [1.54, 1.807) is 0 Å². The molecule has 0 saturated carbocycles. The number of hydrogen-bond donors (Lipinski definition) is 3. The Hall–Kier alpha value is -1.65. The Labute approximate surface area is 369 Å². The summed E-state index contributed by atoms with van der Waals surface area (Å²) in [5, 5.41) is 23.1. The first kappa shape index (κ1) is 57.3. The molecule has 2 unspecified atom stereocenters. The molecule has 346 valence electrons. The van der Waals surface area contributed by atoms with E-state index in [1.165, 1.54) is 199 Å². The zero-order chi connectivity index (χ0) is 42.8. The lowest BCUT2D eigenvalue weighted by Gasteiger charge is -2.22. The van der Waals surface area contributed by atoms with Crippen LogP contribution in [0.2, 0.25) is 0 Å². The number of aliphatic hydroxyl groups excluding tert-OH is 2. The Morgan fingerprint density at radius 1 is 0.424 bits per heavy atom. The lowest BCUT2D eigenvalue weighted by Crippen LogP contribution is -2.45. The molecule has 0 saturated heterocycles. The molecule has 0 aromatic heterocycles. The van der Waals surface area contributed by atoms with Crippen LogP contribution in [0.15, 0.2) is 48.6 Å². The first-order chi connectivity index (χ1) is 29.2. The Morgan fingerprint density at radius 3 is 1.12 bits per heavy atom. The molecule has 4 heteroatoms. The van der Waals surface area contributed by atoms with E-state index in [4.69, 9.17) is 0 Å². The number of nitrogens with one attached hydrogen (secondary N) is 1. The molecular weight excluding hydrogens is 723 g/mol. The van der Waals surface area contributed by atoms with Crippen LogP contribution in [-0.2, 0) is 4.79 Å². The van der Waals surface area contributed by atoms with E-state index in [2.05, 4.69) is 67.8 Å². The zero-order valence-electron chi connectivity index (χ0n) is 39.8. The van der Waals surface area contributed by atoms with Crippen molar-refractivity contribution in [2.75, 3.05) is 6.61 Å². The van der Waals surface area contributed by atoms with Crippen LogP contribution < -0.4 is 5.32 Å². The molecule has 0 aliphatic rings. The highest BCUT2D eigenvalue weighted by molar-refractivity contribution is 5.76. The smallest absolute Gasteiger partial charge is 0.220 e. The Morgan fingerprint density at radius 2 is 0.746 bits per heavy atom. The van der Waals surface area contributed by atoms with Crippen LogP contribution in [0.3, 0.4) is 0 Å². The van der Waals surface area contributed by atoms with Gasteiger partial charge in [0.2, 0.25) is 5.91 Å².